The van der Waals surface area contributed by atoms with Crippen LogP contribution in [0.15, 0.2) is 104 Å². The lowest BCUT2D eigenvalue weighted by atomic mass is 9.89. The number of hydrogen-bond donors (Lipinski definition) is 7. The molecule has 6 rings (SSSR count). The smallest absolute Gasteiger partial charge is 0.328 e. The maximum absolute atomic E-state index is 9.55. The Morgan fingerprint density at radius 1 is 0.650 bits per heavy atom. The number of piperazine rings is 1. The molecule has 1 aliphatic heterocycles. The van der Waals surface area contributed by atoms with Crippen LogP contribution in [-0.2, 0) is 28.8 Å². The van der Waals surface area contributed by atoms with E-state index in [-0.39, 0.29) is 0 Å². The second-order valence-corrected chi connectivity index (χ2v) is 13.2. The summed E-state index contributed by atoms with van der Waals surface area (Å²) < 4.78 is 8.37. The predicted molar refractivity (Wildman–Crippen MR) is 217 cm³/mol. The molecule has 1 aliphatic carbocycles. The summed E-state index contributed by atoms with van der Waals surface area (Å²) >= 11 is 0. The summed E-state index contributed by atoms with van der Waals surface area (Å²) in [7, 11) is 2.22. The molecule has 1 saturated heterocycles. The molecule has 1 saturated carbocycles. The maximum Gasteiger partial charge on any atom is 0.328 e. The van der Waals surface area contributed by atoms with E-state index in [2.05, 4.69) is 44.7 Å². The van der Waals surface area contributed by atoms with Gasteiger partial charge in [0.05, 0.1) is 5.39 Å². The predicted octanol–water partition coefficient (Wildman–Crippen LogP) is 4.34. The third-order valence-corrected chi connectivity index (χ3v) is 8.95. The topological polar surface area (TPSA) is 296 Å². The van der Waals surface area contributed by atoms with Gasteiger partial charge in [-0.3, -0.25) is 4.90 Å². The fourth-order valence-corrected chi connectivity index (χ4v) is 6.27. The molecule has 60 heavy (non-hydrogen) atoms. The van der Waals surface area contributed by atoms with Crippen LogP contribution in [0.5, 0.6) is 11.5 Å². The van der Waals surface area contributed by atoms with Gasteiger partial charge in [0.15, 0.2) is 0 Å². The van der Waals surface area contributed by atoms with Gasteiger partial charge in [-0.15, -0.1) is 0 Å². The molecule has 0 amide bonds. The van der Waals surface area contributed by atoms with Crippen LogP contribution in [0, 0.1) is 0 Å². The molecular weight excluding hydrogens is 784 g/mol. The number of anilines is 1. The number of carboxylic acids is 6. The van der Waals surface area contributed by atoms with Crippen molar-refractivity contribution >= 4 is 52.7 Å². The molecule has 0 bridgehead atoms. The van der Waals surface area contributed by atoms with Crippen LogP contribution < -0.4 is 10.5 Å². The van der Waals surface area contributed by atoms with Crippen LogP contribution in [0.4, 0.5) is 5.82 Å². The van der Waals surface area contributed by atoms with Gasteiger partial charge < -0.3 is 50.6 Å². The quantitative estimate of drug-likeness (QED) is 0.103. The van der Waals surface area contributed by atoms with Gasteiger partial charge in [-0.25, -0.2) is 38.7 Å². The van der Waals surface area contributed by atoms with Crippen molar-refractivity contribution in [2.24, 2.45) is 0 Å². The van der Waals surface area contributed by atoms with Gasteiger partial charge in [0, 0.05) is 86.5 Å². The van der Waals surface area contributed by atoms with E-state index >= 15 is 0 Å². The summed E-state index contributed by atoms with van der Waals surface area (Å²) in [5, 5.41) is 47.8. The first-order chi connectivity index (χ1) is 28.5. The Hall–Kier alpha value is -7.38. The van der Waals surface area contributed by atoms with E-state index < -0.39 is 35.8 Å². The van der Waals surface area contributed by atoms with Crippen molar-refractivity contribution in [1.29, 1.82) is 0 Å². The second-order valence-electron chi connectivity index (χ2n) is 13.2. The molecule has 0 unspecified atom stereocenters. The summed E-state index contributed by atoms with van der Waals surface area (Å²) in [6, 6.07) is 19.1. The number of hydrogen-bond acceptors (Lipinski definition) is 12. The van der Waals surface area contributed by atoms with Crippen molar-refractivity contribution < 1.29 is 64.1 Å². The molecule has 0 radical (unpaired) electrons. The largest absolute Gasteiger partial charge is 0.478 e. The SMILES string of the molecule is CN1CCN([C@H]2CCC[C@H](n3cc(-c4ccc(Oc5ccccc5)cc4)c4c(N)ncnc43)C2)CC1.O=C(O)/C=C\C(=O)O.O=C(O)/C=C\C(=O)O.O=C(O)/C=C\C(=O)O. The highest BCUT2D eigenvalue weighted by atomic mass is 16.5. The second kappa shape index (κ2) is 23.8. The van der Waals surface area contributed by atoms with Crippen LogP contribution in [-0.4, -0.2) is 130 Å². The molecule has 4 aromatic rings. The average Bonchev–Trinajstić information content (AvgIpc) is 3.61. The Labute approximate surface area is 343 Å². The molecule has 2 aromatic heterocycles. The van der Waals surface area contributed by atoms with Gasteiger partial charge in [0.1, 0.15) is 29.3 Å². The van der Waals surface area contributed by atoms with Gasteiger partial charge in [0.2, 0.25) is 0 Å². The Morgan fingerprint density at radius 2 is 1.12 bits per heavy atom. The summed E-state index contributed by atoms with van der Waals surface area (Å²) in [6.45, 7) is 4.65. The molecule has 3 heterocycles. The number of aromatic nitrogens is 3. The zero-order valence-corrected chi connectivity index (χ0v) is 32.5. The number of carboxylic acid groups (broad SMARTS) is 6. The van der Waals surface area contributed by atoms with Crippen molar-refractivity contribution in [3.63, 3.8) is 0 Å². The number of aliphatic carboxylic acids is 6. The van der Waals surface area contributed by atoms with Crippen molar-refractivity contribution in [2.75, 3.05) is 39.0 Å². The molecule has 2 fully saturated rings. The van der Waals surface area contributed by atoms with E-state index in [0.717, 1.165) is 66.3 Å². The lowest BCUT2D eigenvalue weighted by Crippen LogP contribution is -2.50. The molecule has 19 nitrogen and oxygen atoms in total. The highest BCUT2D eigenvalue weighted by molar-refractivity contribution is 6.00. The lowest BCUT2D eigenvalue weighted by Gasteiger charge is -2.41. The third-order valence-electron chi connectivity index (χ3n) is 8.95. The van der Waals surface area contributed by atoms with E-state index in [4.69, 9.17) is 46.1 Å². The van der Waals surface area contributed by atoms with Crippen LogP contribution in [0.25, 0.3) is 22.2 Å². The molecule has 318 valence electrons. The van der Waals surface area contributed by atoms with Gasteiger partial charge >= 0.3 is 35.8 Å². The van der Waals surface area contributed by atoms with E-state index in [0.29, 0.717) is 54.4 Å². The van der Waals surface area contributed by atoms with E-state index in [9.17, 15) is 28.8 Å². The number of fused-ring (bicyclic) bond motifs is 1. The minimum absolute atomic E-state index is 0.412. The van der Waals surface area contributed by atoms with Gasteiger partial charge in [-0.2, -0.15) is 0 Å². The zero-order valence-electron chi connectivity index (χ0n) is 32.5. The maximum atomic E-state index is 9.55. The standard InChI is InChI=1S/C29H34N6O.3C4H4O4/c1-33-14-16-34(17-15-33)22-6-5-7-23(18-22)35-19-26(27-28(30)31-20-32-29(27)35)21-10-12-25(13-11-21)36-24-8-3-2-4-9-24;3*5-3(6)1-2-4(7)8/h2-4,8-13,19-20,22-23H,5-7,14-18H2,1H3,(H2,30,31,32);3*1-2H,(H,5,6)(H,7,8)/b;3*2-1-/t22-,23-;;;/m0.../s1. The number of benzene rings is 2. The highest BCUT2D eigenvalue weighted by Gasteiger charge is 2.31. The summed E-state index contributed by atoms with van der Waals surface area (Å²) in [5.41, 5.74) is 9.53. The minimum Gasteiger partial charge on any atom is -0.478 e. The molecule has 2 atom stereocenters. The van der Waals surface area contributed by atoms with Gasteiger partial charge in [0.25, 0.3) is 0 Å². The van der Waals surface area contributed by atoms with Gasteiger partial charge in [-0.05, 0) is 62.6 Å². The van der Waals surface area contributed by atoms with Gasteiger partial charge in [-0.1, -0.05) is 30.3 Å². The summed E-state index contributed by atoms with van der Waals surface area (Å²) in [6.07, 6.45) is 12.0. The Morgan fingerprint density at radius 3 is 1.60 bits per heavy atom. The fourth-order valence-electron chi connectivity index (χ4n) is 6.27. The molecular formula is C41H46N6O13. The van der Waals surface area contributed by atoms with Crippen LogP contribution in [0.1, 0.15) is 31.7 Å². The normalized spacial score (nSPS) is 16.8. The molecule has 8 N–H and O–H groups in total. The Balaban J connectivity index is 0.000000327. The number of para-hydroxylation sites is 1. The third kappa shape index (κ3) is 16.2. The van der Waals surface area contributed by atoms with E-state index in [1.54, 1.807) is 6.33 Å². The molecule has 2 aromatic carbocycles. The first-order valence-electron chi connectivity index (χ1n) is 18.3. The number of nitrogens with two attached hydrogens (primary N) is 1. The number of ether oxygens (including phenoxy) is 1. The number of carbonyl (C=O) groups is 6. The highest BCUT2D eigenvalue weighted by Crippen LogP contribution is 2.39. The number of nitrogens with zero attached hydrogens (tertiary/aromatic N) is 5. The Kier molecular flexibility index (Phi) is 18.6. The zero-order chi connectivity index (χ0) is 44.2. The summed E-state index contributed by atoms with van der Waals surface area (Å²) in [4.78, 5) is 71.5. The minimum atomic E-state index is -1.26. The molecule has 2 aliphatic rings. The van der Waals surface area contributed by atoms with Crippen molar-refractivity contribution in [3.8, 4) is 22.6 Å². The molecule has 19 heteroatoms. The first-order valence-corrected chi connectivity index (χ1v) is 18.3. The fraction of sp³-hybridized carbons (Fsp3) is 0.268. The van der Waals surface area contributed by atoms with Crippen molar-refractivity contribution in [1.82, 2.24) is 24.3 Å². The first kappa shape index (κ1) is 47.0. The Bertz CT molecular complexity index is 2050. The lowest BCUT2D eigenvalue weighted by molar-refractivity contribution is -0.134. The molecule has 0 spiro atoms. The van der Waals surface area contributed by atoms with Crippen LogP contribution >= 0.6 is 0 Å². The van der Waals surface area contributed by atoms with Crippen molar-refractivity contribution in [2.45, 2.75) is 37.8 Å². The number of rotatable bonds is 11. The van der Waals surface area contributed by atoms with Crippen LogP contribution in [0.2, 0.25) is 0 Å². The number of nitrogen functional groups attached to an aromatic ring is 1. The summed E-state index contributed by atoms with van der Waals surface area (Å²) in [5.74, 6) is -5.38. The van der Waals surface area contributed by atoms with Crippen molar-refractivity contribution in [3.05, 3.63) is 104 Å². The monoisotopic (exact) mass is 830 g/mol. The van der Waals surface area contributed by atoms with Crippen LogP contribution in [0.3, 0.4) is 0 Å². The number of likely N-dealkylation sites (N-methyl/N-ethyl adjacent to an activating group) is 1. The average molecular weight is 831 g/mol. The van der Waals surface area contributed by atoms with E-state index in [1.165, 1.54) is 19.3 Å². The van der Waals surface area contributed by atoms with E-state index in [1.807, 2.05) is 42.5 Å².